The number of benzene rings is 1. The van der Waals surface area contributed by atoms with E-state index >= 15 is 0 Å². The van der Waals surface area contributed by atoms with Crippen LogP contribution in [0.15, 0.2) is 24.3 Å². The van der Waals surface area contributed by atoms with E-state index in [1.54, 1.807) is 7.11 Å². The van der Waals surface area contributed by atoms with Crippen LogP contribution in [0.3, 0.4) is 0 Å². The first-order chi connectivity index (χ1) is 7.28. The Morgan fingerprint density at radius 3 is 2.28 bits per heavy atom. The molecular formula is C12H21Cl3N2O. The van der Waals surface area contributed by atoms with E-state index in [0.29, 0.717) is 6.04 Å². The maximum Gasteiger partial charge on any atom is 0.118 e. The summed E-state index contributed by atoms with van der Waals surface area (Å²) in [6, 6.07) is 8.60. The van der Waals surface area contributed by atoms with Crippen LogP contribution in [-0.2, 0) is 6.54 Å². The summed E-state index contributed by atoms with van der Waals surface area (Å²) in [5.41, 5.74) is 7.19. The van der Waals surface area contributed by atoms with Crippen LogP contribution in [0.4, 0.5) is 0 Å². The molecule has 1 fully saturated rings. The standard InChI is InChI=1S/C12H18N2O.3ClH/c1-15-12-4-2-10(3-5-12)8-14-7-6-11(13)9-14;;;/h2-5,11H,6-9,13H2,1H3;3*1H/t11-;;;/m1.../s1. The molecule has 6 heteroatoms. The summed E-state index contributed by atoms with van der Waals surface area (Å²) in [5, 5.41) is 0. The Bertz CT molecular complexity index is 322. The first kappa shape index (κ1) is 20.1. The van der Waals surface area contributed by atoms with Crippen LogP contribution in [-0.4, -0.2) is 31.1 Å². The molecule has 0 amide bonds. The molecule has 0 unspecified atom stereocenters. The minimum atomic E-state index is 0. The number of nitrogens with two attached hydrogens (primary N) is 1. The Morgan fingerprint density at radius 1 is 1.22 bits per heavy atom. The van der Waals surface area contributed by atoms with Gasteiger partial charge in [-0.05, 0) is 24.1 Å². The van der Waals surface area contributed by atoms with Gasteiger partial charge in [0, 0.05) is 25.7 Å². The minimum Gasteiger partial charge on any atom is -0.497 e. The van der Waals surface area contributed by atoms with E-state index in [1.807, 2.05) is 12.1 Å². The van der Waals surface area contributed by atoms with Crippen molar-refractivity contribution in [2.75, 3.05) is 20.2 Å². The van der Waals surface area contributed by atoms with Crippen molar-refractivity contribution in [3.63, 3.8) is 0 Å². The molecule has 1 atom stereocenters. The number of methoxy groups -OCH3 is 1. The van der Waals surface area contributed by atoms with Crippen molar-refractivity contribution in [1.29, 1.82) is 0 Å². The number of halogens is 3. The number of likely N-dealkylation sites (tertiary alicyclic amines) is 1. The molecule has 2 N–H and O–H groups in total. The third-order valence-electron chi connectivity index (χ3n) is 2.87. The average Bonchev–Trinajstić information content (AvgIpc) is 2.65. The van der Waals surface area contributed by atoms with E-state index in [-0.39, 0.29) is 37.2 Å². The Labute approximate surface area is 127 Å². The van der Waals surface area contributed by atoms with Crippen LogP contribution >= 0.6 is 37.2 Å². The molecule has 0 radical (unpaired) electrons. The lowest BCUT2D eigenvalue weighted by Crippen LogP contribution is -2.26. The van der Waals surface area contributed by atoms with Crippen LogP contribution in [0, 0.1) is 0 Å². The van der Waals surface area contributed by atoms with Gasteiger partial charge in [-0.3, -0.25) is 4.90 Å². The van der Waals surface area contributed by atoms with Gasteiger partial charge in [0.05, 0.1) is 7.11 Å². The molecule has 1 aliphatic rings. The second-order valence-corrected chi connectivity index (χ2v) is 4.13. The van der Waals surface area contributed by atoms with Gasteiger partial charge in [0.25, 0.3) is 0 Å². The molecule has 18 heavy (non-hydrogen) atoms. The second kappa shape index (κ2) is 9.70. The van der Waals surface area contributed by atoms with Crippen molar-refractivity contribution in [3.8, 4) is 5.75 Å². The lowest BCUT2D eigenvalue weighted by Gasteiger charge is -2.15. The van der Waals surface area contributed by atoms with Crippen molar-refractivity contribution >= 4 is 37.2 Å². The van der Waals surface area contributed by atoms with Gasteiger partial charge in [0.2, 0.25) is 0 Å². The summed E-state index contributed by atoms with van der Waals surface area (Å²) in [4.78, 5) is 2.40. The lowest BCUT2D eigenvalue weighted by atomic mass is 10.2. The van der Waals surface area contributed by atoms with E-state index < -0.39 is 0 Å². The Hall–Kier alpha value is -0.190. The largest absolute Gasteiger partial charge is 0.497 e. The van der Waals surface area contributed by atoms with Gasteiger partial charge < -0.3 is 10.5 Å². The molecular weight excluding hydrogens is 295 g/mol. The summed E-state index contributed by atoms with van der Waals surface area (Å²) >= 11 is 0. The smallest absolute Gasteiger partial charge is 0.118 e. The highest BCUT2D eigenvalue weighted by Crippen LogP contribution is 2.15. The zero-order valence-electron chi connectivity index (χ0n) is 10.4. The highest BCUT2D eigenvalue weighted by atomic mass is 35.5. The molecule has 106 valence electrons. The maximum absolute atomic E-state index is 5.86. The monoisotopic (exact) mass is 314 g/mol. The first-order valence-electron chi connectivity index (χ1n) is 5.39. The van der Waals surface area contributed by atoms with Gasteiger partial charge >= 0.3 is 0 Å². The molecule has 3 nitrogen and oxygen atoms in total. The molecule has 0 aliphatic carbocycles. The van der Waals surface area contributed by atoms with Gasteiger partial charge in [-0.2, -0.15) is 0 Å². The predicted octanol–water partition coefficient (Wildman–Crippen LogP) is 2.49. The van der Waals surface area contributed by atoms with Crippen molar-refractivity contribution in [3.05, 3.63) is 29.8 Å². The van der Waals surface area contributed by atoms with Crippen molar-refractivity contribution in [1.82, 2.24) is 4.90 Å². The lowest BCUT2D eigenvalue weighted by molar-refractivity contribution is 0.326. The maximum atomic E-state index is 5.86. The summed E-state index contributed by atoms with van der Waals surface area (Å²) in [5.74, 6) is 0.914. The third kappa shape index (κ3) is 5.63. The quantitative estimate of drug-likeness (QED) is 0.931. The van der Waals surface area contributed by atoms with Crippen LogP contribution < -0.4 is 10.5 Å². The molecule has 0 saturated carbocycles. The molecule has 1 aromatic rings. The molecule has 0 spiro atoms. The predicted molar refractivity (Wildman–Crippen MR) is 82.6 cm³/mol. The zero-order valence-corrected chi connectivity index (χ0v) is 12.8. The molecule has 1 heterocycles. The number of hydrogen-bond acceptors (Lipinski definition) is 3. The number of rotatable bonds is 3. The molecule has 0 bridgehead atoms. The fourth-order valence-corrected chi connectivity index (χ4v) is 2.00. The summed E-state index contributed by atoms with van der Waals surface area (Å²) < 4.78 is 5.12. The van der Waals surface area contributed by atoms with Crippen LogP contribution in [0.1, 0.15) is 12.0 Å². The van der Waals surface area contributed by atoms with Gasteiger partial charge in [-0.25, -0.2) is 0 Å². The molecule has 1 saturated heterocycles. The molecule has 0 aromatic heterocycles. The van der Waals surface area contributed by atoms with Crippen molar-refractivity contribution in [2.24, 2.45) is 5.73 Å². The highest BCUT2D eigenvalue weighted by molar-refractivity contribution is 5.86. The average molecular weight is 316 g/mol. The number of ether oxygens (including phenoxy) is 1. The minimum absolute atomic E-state index is 0. The van der Waals surface area contributed by atoms with Gasteiger partial charge in [0.15, 0.2) is 0 Å². The first-order valence-corrected chi connectivity index (χ1v) is 5.39. The van der Waals surface area contributed by atoms with Gasteiger partial charge in [0.1, 0.15) is 5.75 Å². The van der Waals surface area contributed by atoms with E-state index in [9.17, 15) is 0 Å². The normalized spacial score (nSPS) is 18.2. The van der Waals surface area contributed by atoms with Gasteiger partial charge in [-0.1, -0.05) is 12.1 Å². The zero-order chi connectivity index (χ0) is 10.7. The Morgan fingerprint density at radius 2 is 1.83 bits per heavy atom. The van der Waals surface area contributed by atoms with E-state index in [2.05, 4.69) is 17.0 Å². The van der Waals surface area contributed by atoms with Gasteiger partial charge in [-0.15, -0.1) is 37.2 Å². The number of nitrogens with zero attached hydrogens (tertiary/aromatic N) is 1. The number of hydrogen-bond donors (Lipinski definition) is 1. The fourth-order valence-electron chi connectivity index (χ4n) is 2.00. The van der Waals surface area contributed by atoms with Crippen molar-refractivity contribution in [2.45, 2.75) is 19.0 Å². The van der Waals surface area contributed by atoms with Crippen molar-refractivity contribution < 1.29 is 4.74 Å². The third-order valence-corrected chi connectivity index (χ3v) is 2.87. The van der Waals surface area contributed by atoms with Crippen LogP contribution in [0.5, 0.6) is 5.75 Å². The topological polar surface area (TPSA) is 38.5 Å². The van der Waals surface area contributed by atoms with E-state index in [1.165, 1.54) is 5.56 Å². The molecule has 1 aliphatic heterocycles. The Kier molecular flexibility index (Phi) is 10.9. The highest BCUT2D eigenvalue weighted by Gasteiger charge is 2.18. The SMILES string of the molecule is COc1ccc(CN2CC[C@@H](N)C2)cc1.Cl.Cl.Cl. The van der Waals surface area contributed by atoms with E-state index in [0.717, 1.165) is 31.8 Å². The van der Waals surface area contributed by atoms with E-state index in [4.69, 9.17) is 10.5 Å². The molecule has 1 aromatic carbocycles. The summed E-state index contributed by atoms with van der Waals surface area (Å²) in [6.07, 6.45) is 1.12. The summed E-state index contributed by atoms with van der Waals surface area (Å²) in [6.45, 7) is 3.14. The molecule has 2 rings (SSSR count). The fraction of sp³-hybridized carbons (Fsp3) is 0.500. The van der Waals surface area contributed by atoms with Crippen LogP contribution in [0.25, 0.3) is 0 Å². The second-order valence-electron chi connectivity index (χ2n) is 4.13. The Balaban J connectivity index is 0. The summed E-state index contributed by atoms with van der Waals surface area (Å²) in [7, 11) is 1.69. The van der Waals surface area contributed by atoms with Crippen LogP contribution in [0.2, 0.25) is 0 Å².